The minimum absolute atomic E-state index is 0.225. The molecule has 1 heterocycles. The SMILES string of the molecule is CN1C(=O)C(NC(=S)Nc2ccc(Cl)c(Cl)c2)N=C(c2ccccc2)c2ccccc21. The quantitative estimate of drug-likeness (QED) is 0.523. The van der Waals surface area contributed by atoms with Gasteiger partial charge in [-0.15, -0.1) is 0 Å². The number of fused-ring (bicyclic) bond motifs is 1. The molecule has 0 aromatic heterocycles. The molecule has 1 atom stereocenters. The predicted octanol–water partition coefficient (Wildman–Crippen LogP) is 5.12. The lowest BCUT2D eigenvalue weighted by molar-refractivity contribution is -0.119. The molecule has 31 heavy (non-hydrogen) atoms. The fourth-order valence-electron chi connectivity index (χ4n) is 3.31. The second kappa shape index (κ2) is 9.06. The number of likely N-dealkylation sites (N-methyl/N-ethyl adjacent to an activating group) is 1. The van der Waals surface area contributed by atoms with Crippen molar-refractivity contribution in [2.24, 2.45) is 4.99 Å². The normalized spacial score (nSPS) is 15.6. The first-order valence-electron chi connectivity index (χ1n) is 9.47. The van der Waals surface area contributed by atoms with E-state index in [1.807, 2.05) is 54.6 Å². The molecule has 1 aliphatic rings. The summed E-state index contributed by atoms with van der Waals surface area (Å²) in [6.07, 6.45) is -0.907. The molecule has 0 saturated heterocycles. The number of hydrogen-bond donors (Lipinski definition) is 2. The van der Waals surface area contributed by atoms with E-state index in [9.17, 15) is 4.79 Å². The third kappa shape index (κ3) is 4.56. The van der Waals surface area contributed by atoms with Crippen molar-refractivity contribution in [3.63, 3.8) is 0 Å². The molecule has 0 fully saturated rings. The van der Waals surface area contributed by atoms with Crippen molar-refractivity contribution < 1.29 is 4.79 Å². The Balaban J connectivity index is 1.67. The highest BCUT2D eigenvalue weighted by molar-refractivity contribution is 7.80. The smallest absolute Gasteiger partial charge is 0.272 e. The van der Waals surface area contributed by atoms with Crippen LogP contribution in [-0.2, 0) is 4.79 Å². The first-order valence-corrected chi connectivity index (χ1v) is 10.6. The fraction of sp³-hybridized carbons (Fsp3) is 0.0870. The lowest BCUT2D eigenvalue weighted by atomic mass is 10.0. The molecule has 3 aromatic rings. The van der Waals surface area contributed by atoms with Gasteiger partial charge < -0.3 is 15.5 Å². The van der Waals surface area contributed by atoms with Gasteiger partial charge in [0.15, 0.2) is 5.11 Å². The van der Waals surface area contributed by atoms with Crippen LogP contribution in [0.3, 0.4) is 0 Å². The predicted molar refractivity (Wildman–Crippen MR) is 132 cm³/mol. The summed E-state index contributed by atoms with van der Waals surface area (Å²) in [7, 11) is 1.73. The number of carbonyl (C=O) groups excluding carboxylic acids is 1. The van der Waals surface area contributed by atoms with Crippen molar-refractivity contribution in [3.05, 3.63) is 94.0 Å². The average Bonchev–Trinajstić information content (AvgIpc) is 2.88. The van der Waals surface area contributed by atoms with Crippen LogP contribution in [0.5, 0.6) is 0 Å². The lowest BCUT2D eigenvalue weighted by Crippen LogP contribution is -2.47. The fourth-order valence-corrected chi connectivity index (χ4v) is 3.84. The topological polar surface area (TPSA) is 56.7 Å². The number of para-hydroxylation sites is 1. The number of nitrogens with zero attached hydrogens (tertiary/aromatic N) is 2. The van der Waals surface area contributed by atoms with E-state index in [1.54, 1.807) is 30.1 Å². The van der Waals surface area contributed by atoms with Gasteiger partial charge in [0.25, 0.3) is 5.91 Å². The molecule has 1 unspecified atom stereocenters. The van der Waals surface area contributed by atoms with Crippen LogP contribution < -0.4 is 15.5 Å². The molecule has 0 bridgehead atoms. The van der Waals surface area contributed by atoms with Gasteiger partial charge in [0, 0.05) is 23.9 Å². The highest BCUT2D eigenvalue weighted by Gasteiger charge is 2.30. The van der Waals surface area contributed by atoms with Crippen LogP contribution in [0.4, 0.5) is 11.4 Å². The van der Waals surface area contributed by atoms with Gasteiger partial charge in [0.1, 0.15) is 0 Å². The molecule has 1 amide bonds. The van der Waals surface area contributed by atoms with Gasteiger partial charge >= 0.3 is 0 Å². The Morgan fingerprint density at radius 2 is 1.71 bits per heavy atom. The van der Waals surface area contributed by atoms with E-state index < -0.39 is 6.17 Å². The van der Waals surface area contributed by atoms with Gasteiger partial charge in [-0.2, -0.15) is 0 Å². The van der Waals surface area contributed by atoms with E-state index in [-0.39, 0.29) is 11.0 Å². The van der Waals surface area contributed by atoms with Crippen LogP contribution >= 0.6 is 35.4 Å². The van der Waals surface area contributed by atoms with Gasteiger partial charge in [0.05, 0.1) is 21.4 Å². The highest BCUT2D eigenvalue weighted by Crippen LogP contribution is 2.27. The Morgan fingerprint density at radius 3 is 2.45 bits per heavy atom. The summed E-state index contributed by atoms with van der Waals surface area (Å²) in [6.45, 7) is 0. The van der Waals surface area contributed by atoms with Gasteiger partial charge in [0.2, 0.25) is 6.17 Å². The first-order chi connectivity index (χ1) is 14.9. The maximum absolute atomic E-state index is 13.2. The Hall–Kier alpha value is -2.93. The van der Waals surface area contributed by atoms with Crippen molar-refractivity contribution in [1.29, 1.82) is 0 Å². The third-order valence-corrected chi connectivity index (χ3v) is 5.79. The van der Waals surface area contributed by atoms with Gasteiger partial charge in [-0.05, 0) is 36.5 Å². The summed E-state index contributed by atoms with van der Waals surface area (Å²) in [6, 6.07) is 22.5. The number of benzodiazepines with no additional fused rings is 1. The van der Waals surface area contributed by atoms with Crippen LogP contribution in [0.1, 0.15) is 11.1 Å². The number of anilines is 2. The number of hydrogen-bond acceptors (Lipinski definition) is 3. The van der Waals surface area contributed by atoms with Crippen molar-refractivity contribution >= 4 is 63.5 Å². The van der Waals surface area contributed by atoms with Crippen LogP contribution in [0, 0.1) is 0 Å². The molecule has 2 N–H and O–H groups in total. The lowest BCUT2D eigenvalue weighted by Gasteiger charge is -2.22. The van der Waals surface area contributed by atoms with E-state index in [0.717, 1.165) is 16.8 Å². The molecule has 5 nitrogen and oxygen atoms in total. The van der Waals surface area contributed by atoms with E-state index in [1.165, 1.54) is 0 Å². The molecule has 0 spiro atoms. The third-order valence-electron chi connectivity index (χ3n) is 4.84. The van der Waals surface area contributed by atoms with Crippen molar-refractivity contribution in [2.75, 3.05) is 17.3 Å². The molecule has 156 valence electrons. The second-order valence-corrected chi connectivity index (χ2v) is 8.11. The molecular weight excluding hydrogens is 451 g/mol. The van der Waals surface area contributed by atoms with E-state index in [0.29, 0.717) is 21.4 Å². The summed E-state index contributed by atoms with van der Waals surface area (Å²) in [5.41, 5.74) is 3.92. The zero-order valence-electron chi connectivity index (χ0n) is 16.5. The molecule has 1 aliphatic heterocycles. The van der Waals surface area contributed by atoms with E-state index >= 15 is 0 Å². The Morgan fingerprint density at radius 1 is 1.00 bits per heavy atom. The number of carbonyl (C=O) groups is 1. The minimum Gasteiger partial charge on any atom is -0.333 e. The number of amides is 1. The van der Waals surface area contributed by atoms with E-state index in [4.69, 9.17) is 40.4 Å². The minimum atomic E-state index is -0.907. The van der Waals surface area contributed by atoms with Crippen LogP contribution in [-0.4, -0.2) is 29.9 Å². The number of halogens is 2. The largest absolute Gasteiger partial charge is 0.333 e. The van der Waals surface area contributed by atoms with Crippen LogP contribution in [0.2, 0.25) is 10.0 Å². The van der Waals surface area contributed by atoms with Crippen molar-refractivity contribution in [3.8, 4) is 0 Å². The molecule has 4 rings (SSSR count). The highest BCUT2D eigenvalue weighted by atomic mass is 35.5. The number of rotatable bonds is 3. The molecular formula is C23H18Cl2N4OS. The summed E-state index contributed by atoms with van der Waals surface area (Å²) >= 11 is 17.5. The molecule has 0 saturated carbocycles. The average molecular weight is 469 g/mol. The maximum atomic E-state index is 13.2. The number of benzene rings is 3. The first kappa shape index (κ1) is 21.3. The Kier molecular flexibility index (Phi) is 6.23. The summed E-state index contributed by atoms with van der Waals surface area (Å²) < 4.78 is 0. The molecule has 8 heteroatoms. The van der Waals surface area contributed by atoms with Crippen LogP contribution in [0.25, 0.3) is 0 Å². The number of thiocarbonyl (C=S) groups is 1. The van der Waals surface area contributed by atoms with Crippen molar-refractivity contribution in [1.82, 2.24) is 5.32 Å². The molecule has 0 aliphatic carbocycles. The van der Waals surface area contributed by atoms with Gasteiger partial charge in [-0.1, -0.05) is 71.7 Å². The zero-order chi connectivity index (χ0) is 22.0. The molecule has 0 radical (unpaired) electrons. The Labute approximate surface area is 195 Å². The summed E-state index contributed by atoms with van der Waals surface area (Å²) in [5, 5.41) is 7.14. The molecule has 3 aromatic carbocycles. The Bertz CT molecular complexity index is 1180. The number of nitrogens with one attached hydrogen (secondary N) is 2. The monoisotopic (exact) mass is 468 g/mol. The second-order valence-electron chi connectivity index (χ2n) is 6.89. The summed E-state index contributed by atoms with van der Waals surface area (Å²) in [4.78, 5) is 19.6. The van der Waals surface area contributed by atoms with Gasteiger partial charge in [-0.25, -0.2) is 4.99 Å². The zero-order valence-corrected chi connectivity index (χ0v) is 18.8. The van der Waals surface area contributed by atoms with Gasteiger partial charge in [-0.3, -0.25) is 4.79 Å². The standard InChI is InChI=1S/C23H18Cl2N4OS/c1-29-19-10-6-5-9-16(19)20(14-7-3-2-4-8-14)27-21(22(29)30)28-23(31)26-15-11-12-17(24)18(25)13-15/h2-13,21H,1H3,(H2,26,28,31). The number of aliphatic imine (C=N–C) groups is 1. The summed E-state index contributed by atoms with van der Waals surface area (Å²) in [5.74, 6) is -0.225. The van der Waals surface area contributed by atoms with Crippen molar-refractivity contribution in [2.45, 2.75) is 6.17 Å². The maximum Gasteiger partial charge on any atom is 0.272 e. The van der Waals surface area contributed by atoms with E-state index in [2.05, 4.69) is 10.6 Å². The van der Waals surface area contributed by atoms with Crippen LogP contribution in [0.15, 0.2) is 77.8 Å².